The zero-order chi connectivity index (χ0) is 17.4. The third-order valence-electron chi connectivity index (χ3n) is 4.26. The van der Waals surface area contributed by atoms with Gasteiger partial charge in [0.1, 0.15) is 11.8 Å². The van der Waals surface area contributed by atoms with E-state index in [4.69, 9.17) is 5.73 Å². The van der Waals surface area contributed by atoms with E-state index in [9.17, 15) is 9.59 Å². The molecule has 0 unspecified atom stereocenters. The maximum absolute atomic E-state index is 12.9. The maximum Gasteiger partial charge on any atom is 0.247 e. The van der Waals surface area contributed by atoms with Crippen LogP contribution in [0.2, 0.25) is 0 Å². The third-order valence-corrected chi connectivity index (χ3v) is 4.26. The zero-order valence-corrected chi connectivity index (χ0v) is 14.4. The van der Waals surface area contributed by atoms with Crippen molar-refractivity contribution in [2.75, 3.05) is 32.7 Å². The van der Waals surface area contributed by atoms with Gasteiger partial charge in [0.25, 0.3) is 0 Å². The lowest BCUT2D eigenvalue weighted by Crippen LogP contribution is -2.48. The van der Waals surface area contributed by atoms with Gasteiger partial charge in [-0.1, -0.05) is 5.21 Å². The number of carbonyl (C=O) groups is 2. The van der Waals surface area contributed by atoms with Crippen molar-refractivity contribution < 1.29 is 9.59 Å². The summed E-state index contributed by atoms with van der Waals surface area (Å²) >= 11 is 0. The Kier molecular flexibility index (Phi) is 7.33. The largest absolute Gasteiger partial charge is 0.338 e. The Balaban J connectivity index is 2.06. The Morgan fingerprint density at radius 2 is 2.08 bits per heavy atom. The van der Waals surface area contributed by atoms with E-state index in [1.807, 2.05) is 4.90 Å². The summed E-state index contributed by atoms with van der Waals surface area (Å²) in [7, 11) is 0. The third kappa shape index (κ3) is 5.38. The molecule has 3 N–H and O–H groups in total. The van der Waals surface area contributed by atoms with Crippen LogP contribution in [0.1, 0.15) is 44.3 Å². The topological polar surface area (TPSA) is 106 Å². The monoisotopic (exact) mass is 336 g/mol. The van der Waals surface area contributed by atoms with Gasteiger partial charge >= 0.3 is 0 Å². The number of nitrogens with zero attached hydrogens (tertiary/aromatic N) is 4. The number of unbranched alkanes of at least 4 members (excludes halogenated alkanes) is 1. The second-order valence-electron chi connectivity index (χ2n) is 6.27. The van der Waals surface area contributed by atoms with Crippen molar-refractivity contribution in [2.45, 2.75) is 45.1 Å². The molecule has 2 rings (SSSR count). The molecule has 0 spiro atoms. The van der Waals surface area contributed by atoms with Gasteiger partial charge in [0.2, 0.25) is 5.91 Å². The number of ketones is 1. The van der Waals surface area contributed by atoms with Crippen LogP contribution in [0.15, 0.2) is 6.20 Å². The van der Waals surface area contributed by atoms with Crippen molar-refractivity contribution in [1.29, 1.82) is 0 Å². The molecule has 1 atom stereocenters. The lowest BCUT2D eigenvalue weighted by atomic mass is 10.1. The van der Waals surface area contributed by atoms with E-state index in [0.29, 0.717) is 25.8 Å². The lowest BCUT2D eigenvalue weighted by molar-refractivity contribution is -0.136. The Labute approximate surface area is 142 Å². The number of hydrogen-bond acceptors (Lipinski definition) is 6. The minimum atomic E-state index is -0.340. The molecule has 1 aromatic rings. The molecular weight excluding hydrogens is 308 g/mol. The highest BCUT2D eigenvalue weighted by Gasteiger charge is 2.27. The van der Waals surface area contributed by atoms with Crippen LogP contribution in [0.3, 0.4) is 0 Å². The predicted molar refractivity (Wildman–Crippen MR) is 90.4 cm³/mol. The SMILES string of the molecule is CC(=O)CCc1cn([C@@H](CCCCN)C(=O)N2CCNCC2)nn1. The van der Waals surface area contributed by atoms with Crippen LogP contribution in [0.4, 0.5) is 0 Å². The van der Waals surface area contributed by atoms with Gasteiger partial charge < -0.3 is 20.7 Å². The number of amides is 1. The van der Waals surface area contributed by atoms with E-state index >= 15 is 0 Å². The molecule has 24 heavy (non-hydrogen) atoms. The van der Waals surface area contributed by atoms with Gasteiger partial charge in [0, 0.05) is 38.8 Å². The van der Waals surface area contributed by atoms with E-state index < -0.39 is 0 Å². The Bertz CT molecular complexity index is 538. The number of piperazine rings is 1. The summed E-state index contributed by atoms with van der Waals surface area (Å²) in [6.07, 6.45) is 5.28. The molecule has 1 aliphatic rings. The van der Waals surface area contributed by atoms with E-state index in [-0.39, 0.29) is 17.7 Å². The van der Waals surface area contributed by atoms with Gasteiger partial charge in [-0.2, -0.15) is 0 Å². The Hall–Kier alpha value is -1.80. The number of aromatic nitrogens is 3. The van der Waals surface area contributed by atoms with Crippen LogP contribution >= 0.6 is 0 Å². The molecule has 0 aromatic carbocycles. The van der Waals surface area contributed by atoms with E-state index in [0.717, 1.165) is 44.7 Å². The summed E-state index contributed by atoms with van der Waals surface area (Å²) in [5.74, 6) is 0.220. The maximum atomic E-state index is 12.9. The van der Waals surface area contributed by atoms with Crippen molar-refractivity contribution in [2.24, 2.45) is 5.73 Å². The smallest absolute Gasteiger partial charge is 0.247 e. The fraction of sp³-hybridized carbons (Fsp3) is 0.750. The summed E-state index contributed by atoms with van der Waals surface area (Å²) in [6.45, 7) is 5.27. The number of hydrogen-bond donors (Lipinski definition) is 2. The molecule has 0 aliphatic carbocycles. The van der Waals surface area contributed by atoms with Crippen LogP contribution < -0.4 is 11.1 Å². The highest BCUT2D eigenvalue weighted by atomic mass is 16.2. The molecule has 1 saturated heterocycles. The Morgan fingerprint density at radius 3 is 2.75 bits per heavy atom. The van der Waals surface area contributed by atoms with E-state index in [1.165, 1.54) is 0 Å². The average molecular weight is 336 g/mol. The predicted octanol–water partition coefficient (Wildman–Crippen LogP) is -0.0984. The van der Waals surface area contributed by atoms with Gasteiger partial charge in [-0.3, -0.25) is 4.79 Å². The molecule has 0 saturated carbocycles. The van der Waals surface area contributed by atoms with Crippen molar-refractivity contribution >= 4 is 11.7 Å². The first-order chi connectivity index (χ1) is 11.6. The van der Waals surface area contributed by atoms with Gasteiger partial charge in [-0.05, 0) is 39.2 Å². The molecule has 8 nitrogen and oxygen atoms in total. The number of aryl methyl sites for hydroxylation is 1. The first kappa shape index (κ1) is 18.5. The molecule has 1 amide bonds. The molecule has 0 bridgehead atoms. The highest BCUT2D eigenvalue weighted by molar-refractivity contribution is 5.80. The summed E-state index contributed by atoms with van der Waals surface area (Å²) < 4.78 is 1.66. The van der Waals surface area contributed by atoms with Crippen molar-refractivity contribution in [3.63, 3.8) is 0 Å². The summed E-state index contributed by atoms with van der Waals surface area (Å²) in [6, 6.07) is -0.340. The van der Waals surface area contributed by atoms with Crippen molar-refractivity contribution in [3.8, 4) is 0 Å². The minimum Gasteiger partial charge on any atom is -0.338 e. The van der Waals surface area contributed by atoms with Crippen molar-refractivity contribution in [3.05, 3.63) is 11.9 Å². The molecule has 1 aliphatic heterocycles. The molecule has 134 valence electrons. The number of nitrogens with one attached hydrogen (secondary N) is 1. The molecule has 0 radical (unpaired) electrons. The van der Waals surface area contributed by atoms with Gasteiger partial charge in [-0.15, -0.1) is 5.10 Å². The number of Topliss-reactive ketones (excluding diaryl/α,β-unsaturated/α-hetero) is 1. The highest BCUT2D eigenvalue weighted by Crippen LogP contribution is 2.18. The molecular formula is C16H28N6O2. The zero-order valence-electron chi connectivity index (χ0n) is 14.4. The summed E-state index contributed by atoms with van der Waals surface area (Å²) in [5.41, 5.74) is 6.33. The second-order valence-corrected chi connectivity index (χ2v) is 6.27. The van der Waals surface area contributed by atoms with E-state index in [2.05, 4.69) is 15.6 Å². The summed E-state index contributed by atoms with van der Waals surface area (Å²) in [4.78, 5) is 25.9. The Morgan fingerprint density at radius 1 is 1.33 bits per heavy atom. The van der Waals surface area contributed by atoms with Crippen LogP contribution in [-0.2, 0) is 16.0 Å². The van der Waals surface area contributed by atoms with Gasteiger partial charge in [0.15, 0.2) is 0 Å². The fourth-order valence-corrected chi connectivity index (χ4v) is 2.83. The fourth-order valence-electron chi connectivity index (χ4n) is 2.83. The van der Waals surface area contributed by atoms with Crippen LogP contribution in [0.25, 0.3) is 0 Å². The molecule has 1 aromatic heterocycles. The van der Waals surface area contributed by atoms with E-state index in [1.54, 1.807) is 17.8 Å². The standard InChI is InChI=1S/C16H28N6O2/c1-13(23)5-6-14-12-22(20-19-14)15(4-2-3-7-17)16(24)21-10-8-18-9-11-21/h12,15,18H,2-11,17H2,1H3/t15-/m0/s1. The van der Waals surface area contributed by atoms with Crippen LogP contribution in [0.5, 0.6) is 0 Å². The average Bonchev–Trinajstić information content (AvgIpc) is 3.06. The normalized spacial score (nSPS) is 16.2. The second kappa shape index (κ2) is 9.48. The molecule has 8 heteroatoms. The van der Waals surface area contributed by atoms with Crippen LogP contribution in [-0.4, -0.2) is 64.3 Å². The van der Waals surface area contributed by atoms with Crippen LogP contribution in [0, 0.1) is 0 Å². The van der Waals surface area contributed by atoms with Gasteiger partial charge in [0.05, 0.1) is 5.69 Å². The minimum absolute atomic E-state index is 0.0940. The first-order valence-corrected chi connectivity index (χ1v) is 8.71. The molecule has 1 fully saturated rings. The lowest BCUT2D eigenvalue weighted by Gasteiger charge is -2.30. The quantitative estimate of drug-likeness (QED) is 0.610. The van der Waals surface area contributed by atoms with Gasteiger partial charge in [-0.25, -0.2) is 4.68 Å². The summed E-state index contributed by atoms with van der Waals surface area (Å²) in [5, 5.41) is 11.5. The first-order valence-electron chi connectivity index (χ1n) is 8.71. The number of carbonyl (C=O) groups excluding carboxylic acids is 2. The molecule has 2 heterocycles. The number of rotatable bonds is 9. The van der Waals surface area contributed by atoms with Crippen molar-refractivity contribution in [1.82, 2.24) is 25.2 Å². The number of nitrogens with two attached hydrogens (primary N) is 1.